The molecular formula is C16H10Cl2N6. The lowest BCUT2D eigenvalue weighted by Gasteiger charge is -2.09. The second-order valence-electron chi connectivity index (χ2n) is 4.73. The predicted molar refractivity (Wildman–Crippen MR) is 94.0 cm³/mol. The third-order valence-corrected chi connectivity index (χ3v) is 3.42. The van der Waals surface area contributed by atoms with Crippen molar-refractivity contribution in [2.24, 2.45) is 0 Å². The SMILES string of the molecule is N#Cc1ccccc1Nc1nncc(Nc2cc(Cl)cc(Cl)c2)n1. The molecule has 0 aliphatic heterocycles. The maximum atomic E-state index is 9.11. The van der Waals surface area contributed by atoms with Gasteiger partial charge in [0.05, 0.1) is 17.4 Å². The summed E-state index contributed by atoms with van der Waals surface area (Å²) in [6.07, 6.45) is 1.47. The van der Waals surface area contributed by atoms with Crippen molar-refractivity contribution in [2.75, 3.05) is 10.6 Å². The number of aromatic nitrogens is 3. The first kappa shape index (κ1) is 16.0. The van der Waals surface area contributed by atoms with Crippen LogP contribution in [0.25, 0.3) is 0 Å². The molecule has 0 unspecified atom stereocenters. The number of rotatable bonds is 4. The molecule has 24 heavy (non-hydrogen) atoms. The maximum Gasteiger partial charge on any atom is 0.249 e. The Balaban J connectivity index is 1.83. The van der Waals surface area contributed by atoms with E-state index in [9.17, 15) is 0 Å². The van der Waals surface area contributed by atoms with Crippen LogP contribution in [-0.2, 0) is 0 Å². The van der Waals surface area contributed by atoms with Gasteiger partial charge in [0, 0.05) is 15.7 Å². The van der Waals surface area contributed by atoms with Gasteiger partial charge in [-0.25, -0.2) is 0 Å². The number of nitrogens with zero attached hydrogens (tertiary/aromatic N) is 4. The summed E-state index contributed by atoms with van der Waals surface area (Å²) in [4.78, 5) is 4.31. The molecule has 0 aliphatic carbocycles. The Kier molecular flexibility index (Phi) is 4.75. The van der Waals surface area contributed by atoms with Crippen molar-refractivity contribution in [1.82, 2.24) is 15.2 Å². The monoisotopic (exact) mass is 356 g/mol. The van der Waals surface area contributed by atoms with Gasteiger partial charge in [0.25, 0.3) is 0 Å². The fraction of sp³-hybridized carbons (Fsp3) is 0. The summed E-state index contributed by atoms with van der Waals surface area (Å²) in [5.74, 6) is 0.719. The van der Waals surface area contributed by atoms with Crippen molar-refractivity contribution in [2.45, 2.75) is 0 Å². The molecule has 6 nitrogen and oxygen atoms in total. The van der Waals surface area contributed by atoms with Crippen LogP contribution in [0.15, 0.2) is 48.7 Å². The molecule has 0 amide bonds. The van der Waals surface area contributed by atoms with Gasteiger partial charge in [-0.3, -0.25) is 0 Å². The van der Waals surface area contributed by atoms with Crippen LogP contribution >= 0.6 is 23.2 Å². The van der Waals surface area contributed by atoms with Gasteiger partial charge in [0.2, 0.25) is 5.95 Å². The molecule has 0 saturated heterocycles. The van der Waals surface area contributed by atoms with Gasteiger partial charge in [-0.15, -0.1) is 5.10 Å². The molecule has 8 heteroatoms. The highest BCUT2D eigenvalue weighted by Crippen LogP contribution is 2.25. The number of anilines is 4. The molecule has 1 heterocycles. The summed E-state index contributed by atoms with van der Waals surface area (Å²) in [5, 5.41) is 24.0. The number of para-hydroxylation sites is 1. The van der Waals surface area contributed by atoms with Gasteiger partial charge >= 0.3 is 0 Å². The Morgan fingerprint density at radius 1 is 1.00 bits per heavy atom. The van der Waals surface area contributed by atoms with Crippen LogP contribution in [0.4, 0.5) is 23.1 Å². The predicted octanol–water partition coefficient (Wildman–Crippen LogP) is 4.54. The van der Waals surface area contributed by atoms with E-state index in [1.54, 1.807) is 36.4 Å². The zero-order valence-electron chi connectivity index (χ0n) is 12.2. The van der Waals surface area contributed by atoms with E-state index in [1.807, 2.05) is 6.07 Å². The minimum atomic E-state index is 0.260. The van der Waals surface area contributed by atoms with Crippen LogP contribution in [0, 0.1) is 11.3 Å². The molecule has 0 fully saturated rings. The minimum absolute atomic E-state index is 0.260. The number of hydrogen-bond donors (Lipinski definition) is 2. The third kappa shape index (κ3) is 3.90. The zero-order valence-corrected chi connectivity index (χ0v) is 13.7. The van der Waals surface area contributed by atoms with Gasteiger partial charge < -0.3 is 10.6 Å². The van der Waals surface area contributed by atoms with Gasteiger partial charge in [0.15, 0.2) is 5.82 Å². The molecule has 0 bridgehead atoms. The Bertz CT molecular complexity index is 902. The average molecular weight is 357 g/mol. The first-order valence-corrected chi connectivity index (χ1v) is 7.58. The van der Waals surface area contributed by atoms with E-state index < -0.39 is 0 Å². The van der Waals surface area contributed by atoms with Crippen LogP contribution in [0.2, 0.25) is 10.0 Å². The summed E-state index contributed by atoms with van der Waals surface area (Å²) in [5.41, 5.74) is 1.77. The second kappa shape index (κ2) is 7.13. The lowest BCUT2D eigenvalue weighted by molar-refractivity contribution is 0.982. The third-order valence-electron chi connectivity index (χ3n) is 2.99. The number of hydrogen-bond acceptors (Lipinski definition) is 6. The summed E-state index contributed by atoms with van der Waals surface area (Å²) in [7, 11) is 0. The van der Waals surface area contributed by atoms with Crippen molar-refractivity contribution >= 4 is 46.3 Å². The standard InChI is InChI=1S/C16H10Cl2N6/c17-11-5-12(18)7-13(6-11)21-15-9-20-24-16(23-15)22-14-4-2-1-3-10(14)8-19/h1-7,9H,(H2,21,22,23,24). The summed E-state index contributed by atoms with van der Waals surface area (Å²) in [6, 6.07) is 14.2. The fourth-order valence-electron chi connectivity index (χ4n) is 2.00. The highest BCUT2D eigenvalue weighted by Gasteiger charge is 2.06. The lowest BCUT2D eigenvalue weighted by atomic mass is 10.2. The number of nitrogens with one attached hydrogen (secondary N) is 2. The summed E-state index contributed by atoms with van der Waals surface area (Å²) in [6.45, 7) is 0. The molecule has 2 N–H and O–H groups in total. The van der Waals surface area contributed by atoms with E-state index in [4.69, 9.17) is 28.5 Å². The van der Waals surface area contributed by atoms with Crippen LogP contribution in [-0.4, -0.2) is 15.2 Å². The highest BCUT2D eigenvalue weighted by atomic mass is 35.5. The van der Waals surface area contributed by atoms with Crippen LogP contribution < -0.4 is 10.6 Å². The van der Waals surface area contributed by atoms with Gasteiger partial charge in [0.1, 0.15) is 6.07 Å². The molecule has 1 aromatic heterocycles. The molecular weight excluding hydrogens is 347 g/mol. The summed E-state index contributed by atoms with van der Waals surface area (Å²) >= 11 is 11.9. The molecule has 0 aliphatic rings. The maximum absolute atomic E-state index is 9.11. The Morgan fingerprint density at radius 3 is 2.50 bits per heavy atom. The molecule has 118 valence electrons. The van der Waals surface area contributed by atoms with E-state index in [-0.39, 0.29) is 5.95 Å². The van der Waals surface area contributed by atoms with Crippen molar-refractivity contribution in [1.29, 1.82) is 5.26 Å². The number of benzene rings is 2. The van der Waals surface area contributed by atoms with E-state index in [2.05, 4.69) is 31.9 Å². The second-order valence-corrected chi connectivity index (χ2v) is 5.60. The van der Waals surface area contributed by atoms with Crippen molar-refractivity contribution in [3.05, 3.63) is 64.3 Å². The molecule has 0 saturated carbocycles. The van der Waals surface area contributed by atoms with E-state index in [0.29, 0.717) is 32.8 Å². The molecule has 0 atom stereocenters. The molecule has 0 radical (unpaired) electrons. The van der Waals surface area contributed by atoms with Crippen LogP contribution in [0.5, 0.6) is 0 Å². The van der Waals surface area contributed by atoms with Crippen LogP contribution in [0.3, 0.4) is 0 Å². The largest absolute Gasteiger partial charge is 0.339 e. The normalized spacial score (nSPS) is 10.0. The van der Waals surface area contributed by atoms with Crippen molar-refractivity contribution in [3.8, 4) is 6.07 Å². The van der Waals surface area contributed by atoms with Crippen molar-refractivity contribution < 1.29 is 0 Å². The Hall–Kier alpha value is -2.88. The number of nitriles is 1. The van der Waals surface area contributed by atoms with Crippen LogP contribution in [0.1, 0.15) is 5.56 Å². The summed E-state index contributed by atoms with van der Waals surface area (Å²) < 4.78 is 0. The fourth-order valence-corrected chi connectivity index (χ4v) is 2.53. The topological polar surface area (TPSA) is 86.5 Å². The van der Waals surface area contributed by atoms with Gasteiger partial charge in [-0.05, 0) is 30.3 Å². The Labute approximate surface area is 148 Å². The average Bonchev–Trinajstić information content (AvgIpc) is 2.55. The minimum Gasteiger partial charge on any atom is -0.339 e. The van der Waals surface area contributed by atoms with E-state index in [1.165, 1.54) is 6.20 Å². The molecule has 2 aromatic carbocycles. The van der Waals surface area contributed by atoms with E-state index in [0.717, 1.165) is 0 Å². The highest BCUT2D eigenvalue weighted by molar-refractivity contribution is 6.35. The first-order valence-electron chi connectivity index (χ1n) is 6.83. The lowest BCUT2D eigenvalue weighted by Crippen LogP contribution is -2.03. The first-order chi connectivity index (χ1) is 11.6. The van der Waals surface area contributed by atoms with Gasteiger partial charge in [-0.1, -0.05) is 35.3 Å². The Morgan fingerprint density at radius 2 is 1.75 bits per heavy atom. The molecule has 3 aromatic rings. The zero-order chi connectivity index (χ0) is 16.9. The smallest absolute Gasteiger partial charge is 0.249 e. The van der Waals surface area contributed by atoms with Crippen molar-refractivity contribution in [3.63, 3.8) is 0 Å². The number of halogens is 2. The quantitative estimate of drug-likeness (QED) is 0.713. The van der Waals surface area contributed by atoms with Gasteiger partial charge in [-0.2, -0.15) is 15.3 Å². The molecule has 3 rings (SSSR count). The molecule has 0 spiro atoms. The van der Waals surface area contributed by atoms with E-state index >= 15 is 0 Å².